The standard InChI is InChI=1S/C24H26FN3O3S/c1-16(17-6-10-20(25)11-7-17)27-24(29)18-8-12-21(13-9-18)28-32(30,31)22-14-19-4-2-3-5-23(19)26-15-22/h2-7,10-11,14-16,18,21,28H,8-9,12-13H2,1H3,(H,27,29)/t16-,18-,21-/m1/s1. The number of hydrogen-bond donors (Lipinski definition) is 2. The van der Waals surface area contributed by atoms with Gasteiger partial charge in [-0.05, 0) is 62.4 Å². The molecule has 1 saturated carbocycles. The van der Waals surface area contributed by atoms with E-state index in [0.29, 0.717) is 25.7 Å². The van der Waals surface area contributed by atoms with E-state index in [-0.39, 0.29) is 34.6 Å². The van der Waals surface area contributed by atoms with Crippen molar-refractivity contribution in [1.29, 1.82) is 0 Å². The molecular formula is C24H26FN3O3S. The number of sulfonamides is 1. The summed E-state index contributed by atoms with van der Waals surface area (Å²) in [6.07, 6.45) is 3.75. The molecule has 0 radical (unpaired) electrons. The molecule has 32 heavy (non-hydrogen) atoms. The highest BCUT2D eigenvalue weighted by Crippen LogP contribution is 2.27. The fourth-order valence-corrected chi connectivity index (χ4v) is 5.41. The van der Waals surface area contributed by atoms with Crippen LogP contribution in [0, 0.1) is 11.7 Å². The monoisotopic (exact) mass is 455 g/mol. The van der Waals surface area contributed by atoms with Crippen LogP contribution >= 0.6 is 0 Å². The van der Waals surface area contributed by atoms with Crippen molar-refractivity contribution in [2.75, 3.05) is 0 Å². The van der Waals surface area contributed by atoms with E-state index in [0.717, 1.165) is 16.5 Å². The zero-order valence-electron chi connectivity index (χ0n) is 17.8. The summed E-state index contributed by atoms with van der Waals surface area (Å²) >= 11 is 0. The third kappa shape index (κ3) is 5.14. The molecule has 1 atom stereocenters. The molecule has 0 spiro atoms. The minimum absolute atomic E-state index is 0.0538. The van der Waals surface area contributed by atoms with Crippen molar-refractivity contribution in [2.24, 2.45) is 5.92 Å². The summed E-state index contributed by atoms with van der Waals surface area (Å²) in [5, 5.41) is 3.75. The highest BCUT2D eigenvalue weighted by atomic mass is 32.2. The van der Waals surface area contributed by atoms with Gasteiger partial charge in [0.15, 0.2) is 0 Å². The number of benzene rings is 2. The van der Waals surface area contributed by atoms with Gasteiger partial charge in [0.05, 0.1) is 11.6 Å². The van der Waals surface area contributed by atoms with E-state index >= 15 is 0 Å². The first kappa shape index (κ1) is 22.4. The SMILES string of the molecule is C[C@@H](NC(=O)[C@H]1CC[C@H](NS(=O)(=O)c2cnc3ccccc3c2)CC1)c1ccc(F)cc1. The van der Waals surface area contributed by atoms with Crippen LogP contribution in [0.1, 0.15) is 44.2 Å². The van der Waals surface area contributed by atoms with Crippen LogP contribution in [-0.2, 0) is 14.8 Å². The number of carbonyl (C=O) groups excluding carboxylic acids is 1. The van der Waals surface area contributed by atoms with E-state index in [1.165, 1.54) is 18.3 Å². The summed E-state index contributed by atoms with van der Waals surface area (Å²) in [5.74, 6) is -0.532. The van der Waals surface area contributed by atoms with Crippen molar-refractivity contribution in [3.05, 3.63) is 72.2 Å². The molecule has 1 aliphatic carbocycles. The summed E-state index contributed by atoms with van der Waals surface area (Å²) < 4.78 is 41.5. The minimum atomic E-state index is -3.69. The van der Waals surface area contributed by atoms with Crippen LogP contribution in [0.4, 0.5) is 4.39 Å². The second-order valence-electron chi connectivity index (χ2n) is 8.32. The van der Waals surface area contributed by atoms with Crippen molar-refractivity contribution in [3.8, 4) is 0 Å². The van der Waals surface area contributed by atoms with Crippen molar-refractivity contribution in [3.63, 3.8) is 0 Å². The van der Waals surface area contributed by atoms with Gasteiger partial charge in [-0.1, -0.05) is 30.3 Å². The zero-order chi connectivity index (χ0) is 22.7. The Morgan fingerprint density at radius 1 is 1.06 bits per heavy atom. The van der Waals surface area contributed by atoms with E-state index < -0.39 is 10.0 Å². The lowest BCUT2D eigenvalue weighted by molar-refractivity contribution is -0.126. The van der Waals surface area contributed by atoms with Crippen molar-refractivity contribution >= 4 is 26.8 Å². The number of para-hydroxylation sites is 1. The average molecular weight is 456 g/mol. The highest BCUT2D eigenvalue weighted by Gasteiger charge is 2.30. The number of pyridine rings is 1. The van der Waals surface area contributed by atoms with Crippen molar-refractivity contribution in [2.45, 2.75) is 49.6 Å². The molecular weight excluding hydrogens is 429 g/mol. The summed E-state index contributed by atoms with van der Waals surface area (Å²) in [4.78, 5) is 17.0. The Morgan fingerprint density at radius 2 is 1.75 bits per heavy atom. The number of rotatable bonds is 6. The van der Waals surface area contributed by atoms with Gasteiger partial charge in [-0.3, -0.25) is 9.78 Å². The molecule has 0 bridgehead atoms. The summed E-state index contributed by atoms with van der Waals surface area (Å²) in [6.45, 7) is 1.86. The number of nitrogens with one attached hydrogen (secondary N) is 2. The normalized spacial score (nSPS) is 20.1. The van der Waals surface area contributed by atoms with Crippen LogP contribution in [0.3, 0.4) is 0 Å². The topological polar surface area (TPSA) is 88.2 Å². The molecule has 1 heterocycles. The van der Waals surface area contributed by atoms with Crippen LogP contribution in [-0.4, -0.2) is 25.4 Å². The Bertz CT molecular complexity index is 1210. The Morgan fingerprint density at radius 3 is 2.47 bits per heavy atom. The lowest BCUT2D eigenvalue weighted by atomic mass is 9.85. The third-order valence-electron chi connectivity index (χ3n) is 6.02. The molecule has 1 aromatic heterocycles. The van der Waals surface area contributed by atoms with Crippen LogP contribution in [0.25, 0.3) is 10.9 Å². The molecule has 2 N–H and O–H groups in total. The number of fused-ring (bicyclic) bond motifs is 1. The maximum absolute atomic E-state index is 13.1. The van der Waals surface area contributed by atoms with Gasteiger partial charge in [-0.2, -0.15) is 0 Å². The van der Waals surface area contributed by atoms with E-state index in [1.54, 1.807) is 18.2 Å². The number of hydrogen-bond acceptors (Lipinski definition) is 4. The Kier molecular flexibility index (Phi) is 6.53. The van der Waals surface area contributed by atoms with Crippen LogP contribution in [0.5, 0.6) is 0 Å². The lowest BCUT2D eigenvalue weighted by Gasteiger charge is -2.29. The predicted molar refractivity (Wildman–Crippen MR) is 121 cm³/mol. The number of nitrogens with zero attached hydrogens (tertiary/aromatic N) is 1. The van der Waals surface area contributed by atoms with Gasteiger partial charge in [-0.25, -0.2) is 17.5 Å². The number of amides is 1. The van der Waals surface area contributed by atoms with E-state index in [4.69, 9.17) is 0 Å². The summed E-state index contributed by atoms with van der Waals surface area (Å²) in [7, 11) is -3.69. The smallest absolute Gasteiger partial charge is 0.242 e. The Balaban J connectivity index is 1.32. The first-order valence-electron chi connectivity index (χ1n) is 10.7. The second-order valence-corrected chi connectivity index (χ2v) is 10.0. The number of aromatic nitrogens is 1. The molecule has 0 saturated heterocycles. The number of carbonyl (C=O) groups is 1. The maximum Gasteiger partial charge on any atom is 0.242 e. The second kappa shape index (κ2) is 9.34. The molecule has 1 fully saturated rings. The van der Waals surface area contributed by atoms with Gasteiger partial charge in [0.1, 0.15) is 10.7 Å². The van der Waals surface area contributed by atoms with Crippen LogP contribution < -0.4 is 10.0 Å². The molecule has 3 aromatic rings. The number of halogens is 1. The van der Waals surface area contributed by atoms with Gasteiger partial charge in [0.2, 0.25) is 15.9 Å². The first-order chi connectivity index (χ1) is 15.3. The van der Waals surface area contributed by atoms with Crippen molar-refractivity contribution in [1.82, 2.24) is 15.0 Å². The van der Waals surface area contributed by atoms with Gasteiger partial charge in [0.25, 0.3) is 0 Å². The summed E-state index contributed by atoms with van der Waals surface area (Å²) in [6, 6.07) is 14.6. The Labute approximate surface area is 187 Å². The van der Waals surface area contributed by atoms with Gasteiger partial charge < -0.3 is 5.32 Å². The maximum atomic E-state index is 13.1. The largest absolute Gasteiger partial charge is 0.349 e. The zero-order valence-corrected chi connectivity index (χ0v) is 18.6. The highest BCUT2D eigenvalue weighted by molar-refractivity contribution is 7.89. The Hall–Kier alpha value is -2.84. The third-order valence-corrected chi connectivity index (χ3v) is 7.51. The summed E-state index contributed by atoms with van der Waals surface area (Å²) in [5.41, 5.74) is 1.58. The quantitative estimate of drug-likeness (QED) is 0.586. The first-order valence-corrected chi connectivity index (χ1v) is 12.2. The predicted octanol–water partition coefficient (Wildman–Crippen LogP) is 4.09. The van der Waals surface area contributed by atoms with Crippen molar-refractivity contribution < 1.29 is 17.6 Å². The van der Waals surface area contributed by atoms with E-state index in [1.807, 2.05) is 31.2 Å². The molecule has 0 unspecified atom stereocenters. The van der Waals surface area contributed by atoms with Crippen LogP contribution in [0.2, 0.25) is 0 Å². The van der Waals surface area contributed by atoms with Gasteiger partial charge in [0, 0.05) is 23.5 Å². The average Bonchev–Trinajstić information content (AvgIpc) is 2.79. The molecule has 4 rings (SSSR count). The van der Waals surface area contributed by atoms with E-state index in [9.17, 15) is 17.6 Å². The molecule has 168 valence electrons. The minimum Gasteiger partial charge on any atom is -0.349 e. The molecule has 0 aliphatic heterocycles. The lowest BCUT2D eigenvalue weighted by Crippen LogP contribution is -2.41. The van der Waals surface area contributed by atoms with Crippen LogP contribution in [0.15, 0.2) is 65.7 Å². The van der Waals surface area contributed by atoms with Gasteiger partial charge >= 0.3 is 0 Å². The molecule has 1 aliphatic rings. The molecule has 6 nitrogen and oxygen atoms in total. The fraction of sp³-hybridized carbons (Fsp3) is 0.333. The fourth-order valence-electron chi connectivity index (χ4n) is 4.12. The molecule has 2 aromatic carbocycles. The van der Waals surface area contributed by atoms with E-state index in [2.05, 4.69) is 15.0 Å². The molecule has 1 amide bonds. The van der Waals surface area contributed by atoms with Gasteiger partial charge in [-0.15, -0.1) is 0 Å². The molecule has 8 heteroatoms.